The SMILES string of the molecule is CNC(=O)CC(CN1CCOC(COc2nc(-c3ccc(N(C)C)cc3)cc3nccnc23)C1)C(=O)O. The lowest BCUT2D eigenvalue weighted by molar-refractivity contribution is -0.145. The number of carbonyl (C=O) groups excluding carboxylic acids is 1. The van der Waals surface area contributed by atoms with Gasteiger partial charge in [0.25, 0.3) is 0 Å². The number of rotatable bonds is 10. The van der Waals surface area contributed by atoms with Crippen LogP contribution in [0.25, 0.3) is 22.3 Å². The zero-order valence-electron chi connectivity index (χ0n) is 21.3. The van der Waals surface area contributed by atoms with Gasteiger partial charge in [0.2, 0.25) is 11.8 Å². The molecule has 1 fully saturated rings. The highest BCUT2D eigenvalue weighted by molar-refractivity contribution is 5.83. The van der Waals surface area contributed by atoms with Crippen molar-refractivity contribution < 1.29 is 24.2 Å². The van der Waals surface area contributed by atoms with E-state index in [1.165, 1.54) is 7.05 Å². The lowest BCUT2D eigenvalue weighted by Crippen LogP contribution is -2.48. The standard InChI is InChI=1S/C26H32N6O5/c1-27-23(33)12-18(26(34)35)14-32-10-11-36-20(15-32)16-37-25-24-22(28-8-9-29-24)13-21(30-25)17-4-6-19(7-5-17)31(2)3/h4-9,13,18,20H,10-12,14-16H2,1-3H3,(H,27,33)(H,34,35). The summed E-state index contributed by atoms with van der Waals surface area (Å²) in [5.41, 5.74) is 3.96. The number of pyridine rings is 1. The number of anilines is 1. The van der Waals surface area contributed by atoms with Gasteiger partial charge < -0.3 is 24.8 Å². The van der Waals surface area contributed by atoms with Crippen LogP contribution in [0.4, 0.5) is 5.69 Å². The largest absolute Gasteiger partial charge is 0.481 e. The average molecular weight is 509 g/mol. The summed E-state index contributed by atoms with van der Waals surface area (Å²) in [5, 5.41) is 12.0. The smallest absolute Gasteiger partial charge is 0.308 e. The van der Waals surface area contributed by atoms with Gasteiger partial charge in [-0.1, -0.05) is 12.1 Å². The van der Waals surface area contributed by atoms with Gasteiger partial charge in [-0.05, 0) is 18.2 Å². The maximum Gasteiger partial charge on any atom is 0.308 e. The molecule has 2 unspecified atom stereocenters. The van der Waals surface area contributed by atoms with Crippen molar-refractivity contribution >= 4 is 28.6 Å². The number of hydrogen-bond acceptors (Lipinski definition) is 9. The number of fused-ring (bicyclic) bond motifs is 1. The molecule has 196 valence electrons. The van der Waals surface area contributed by atoms with Gasteiger partial charge in [0.1, 0.15) is 12.7 Å². The van der Waals surface area contributed by atoms with Crippen LogP contribution in [0.1, 0.15) is 6.42 Å². The second kappa shape index (κ2) is 11.9. The summed E-state index contributed by atoms with van der Waals surface area (Å²) in [6.45, 7) is 1.97. The van der Waals surface area contributed by atoms with E-state index in [1.807, 2.05) is 54.2 Å². The van der Waals surface area contributed by atoms with Crippen LogP contribution < -0.4 is 15.0 Å². The van der Waals surface area contributed by atoms with Crippen molar-refractivity contribution in [1.29, 1.82) is 0 Å². The molecule has 3 heterocycles. The Balaban J connectivity index is 1.47. The third-order valence-corrected chi connectivity index (χ3v) is 6.27. The van der Waals surface area contributed by atoms with Gasteiger partial charge in [0.15, 0.2) is 5.52 Å². The summed E-state index contributed by atoms with van der Waals surface area (Å²) in [7, 11) is 5.48. The molecule has 0 saturated carbocycles. The molecule has 1 amide bonds. The topological polar surface area (TPSA) is 130 Å². The maximum atomic E-state index is 11.7. The van der Waals surface area contributed by atoms with E-state index >= 15 is 0 Å². The fourth-order valence-corrected chi connectivity index (χ4v) is 4.21. The van der Waals surface area contributed by atoms with E-state index in [1.54, 1.807) is 12.4 Å². The van der Waals surface area contributed by atoms with E-state index in [-0.39, 0.29) is 31.6 Å². The Hall–Kier alpha value is -3.83. The Kier molecular flexibility index (Phi) is 8.47. The van der Waals surface area contributed by atoms with E-state index in [0.717, 1.165) is 16.9 Å². The van der Waals surface area contributed by atoms with Crippen LogP contribution >= 0.6 is 0 Å². The molecule has 1 aliphatic rings. The molecule has 1 saturated heterocycles. The Bertz CT molecular complexity index is 1240. The minimum atomic E-state index is -0.993. The van der Waals surface area contributed by atoms with Gasteiger partial charge in [0, 0.05) is 70.8 Å². The van der Waals surface area contributed by atoms with Crippen LogP contribution in [0.15, 0.2) is 42.7 Å². The number of nitrogens with one attached hydrogen (secondary N) is 1. The van der Waals surface area contributed by atoms with E-state index < -0.39 is 11.9 Å². The number of hydrogen-bond donors (Lipinski definition) is 2. The molecular formula is C26H32N6O5. The van der Waals surface area contributed by atoms with Crippen molar-refractivity contribution in [2.45, 2.75) is 12.5 Å². The molecule has 11 nitrogen and oxygen atoms in total. The predicted octanol–water partition coefficient (Wildman–Crippen LogP) is 1.67. The number of benzene rings is 1. The average Bonchev–Trinajstić information content (AvgIpc) is 2.91. The van der Waals surface area contributed by atoms with Crippen molar-refractivity contribution in [3.05, 3.63) is 42.7 Å². The predicted molar refractivity (Wildman–Crippen MR) is 139 cm³/mol. The number of ether oxygens (including phenoxy) is 2. The summed E-state index contributed by atoms with van der Waals surface area (Å²) < 4.78 is 12.0. The van der Waals surface area contributed by atoms with Crippen LogP contribution in [0.2, 0.25) is 0 Å². The quantitative estimate of drug-likeness (QED) is 0.417. The summed E-state index contributed by atoms with van der Waals surface area (Å²) in [4.78, 5) is 41.0. The van der Waals surface area contributed by atoms with Gasteiger partial charge >= 0.3 is 5.97 Å². The van der Waals surface area contributed by atoms with Crippen molar-refractivity contribution in [3.63, 3.8) is 0 Å². The number of aliphatic carboxylic acids is 1. The molecule has 0 radical (unpaired) electrons. The molecular weight excluding hydrogens is 476 g/mol. The third kappa shape index (κ3) is 6.69. The van der Waals surface area contributed by atoms with Crippen molar-refractivity contribution in [3.8, 4) is 17.1 Å². The van der Waals surface area contributed by atoms with Crippen molar-refractivity contribution in [1.82, 2.24) is 25.2 Å². The number of morpholine rings is 1. The molecule has 0 bridgehead atoms. The summed E-state index contributed by atoms with van der Waals surface area (Å²) in [5.74, 6) is -1.72. The molecule has 4 rings (SSSR count). The van der Waals surface area contributed by atoms with Gasteiger partial charge in [-0.25, -0.2) is 9.97 Å². The highest BCUT2D eigenvalue weighted by atomic mass is 16.5. The first-order chi connectivity index (χ1) is 17.8. The zero-order valence-corrected chi connectivity index (χ0v) is 21.3. The highest BCUT2D eigenvalue weighted by Gasteiger charge is 2.28. The monoisotopic (exact) mass is 508 g/mol. The summed E-state index contributed by atoms with van der Waals surface area (Å²) in [6, 6.07) is 9.94. The zero-order chi connectivity index (χ0) is 26.4. The number of nitrogens with zero attached hydrogens (tertiary/aromatic N) is 5. The molecule has 3 aromatic rings. The van der Waals surface area contributed by atoms with Crippen LogP contribution in [-0.2, 0) is 14.3 Å². The Morgan fingerprint density at radius 2 is 2.00 bits per heavy atom. The number of aromatic nitrogens is 3. The Morgan fingerprint density at radius 1 is 1.24 bits per heavy atom. The molecule has 11 heteroatoms. The van der Waals surface area contributed by atoms with E-state index in [9.17, 15) is 14.7 Å². The van der Waals surface area contributed by atoms with E-state index in [2.05, 4.69) is 15.3 Å². The first kappa shape index (κ1) is 26.2. The minimum absolute atomic E-state index is 0.0682. The van der Waals surface area contributed by atoms with Gasteiger partial charge in [-0.15, -0.1) is 0 Å². The fraction of sp³-hybridized carbons (Fsp3) is 0.423. The first-order valence-corrected chi connectivity index (χ1v) is 12.1. The van der Waals surface area contributed by atoms with Crippen molar-refractivity contribution in [2.75, 3.05) is 58.9 Å². The van der Waals surface area contributed by atoms with Crippen LogP contribution in [0.3, 0.4) is 0 Å². The molecule has 1 aromatic carbocycles. The van der Waals surface area contributed by atoms with Gasteiger partial charge in [0.05, 0.1) is 23.7 Å². The minimum Gasteiger partial charge on any atom is -0.481 e. The van der Waals surface area contributed by atoms with E-state index in [4.69, 9.17) is 14.5 Å². The van der Waals surface area contributed by atoms with Crippen LogP contribution in [0, 0.1) is 5.92 Å². The Morgan fingerprint density at radius 3 is 2.70 bits per heavy atom. The second-order valence-electron chi connectivity index (χ2n) is 9.15. The lowest BCUT2D eigenvalue weighted by atomic mass is 10.0. The summed E-state index contributed by atoms with van der Waals surface area (Å²) in [6.07, 6.45) is 2.87. The molecule has 0 aliphatic carbocycles. The number of carboxylic acid groups (broad SMARTS) is 1. The molecule has 2 N–H and O–H groups in total. The van der Waals surface area contributed by atoms with Crippen LogP contribution in [-0.4, -0.2) is 96.9 Å². The maximum absolute atomic E-state index is 11.7. The van der Waals surface area contributed by atoms with Crippen molar-refractivity contribution in [2.24, 2.45) is 5.92 Å². The van der Waals surface area contributed by atoms with Gasteiger partial charge in [-0.2, -0.15) is 0 Å². The number of amides is 1. The molecule has 37 heavy (non-hydrogen) atoms. The lowest BCUT2D eigenvalue weighted by Gasteiger charge is -2.34. The molecule has 2 aromatic heterocycles. The van der Waals surface area contributed by atoms with Crippen LogP contribution in [0.5, 0.6) is 5.88 Å². The number of carbonyl (C=O) groups is 2. The second-order valence-corrected chi connectivity index (χ2v) is 9.15. The summed E-state index contributed by atoms with van der Waals surface area (Å²) >= 11 is 0. The number of carboxylic acids is 1. The molecule has 0 spiro atoms. The normalized spacial score (nSPS) is 16.8. The fourth-order valence-electron chi connectivity index (χ4n) is 4.21. The van der Waals surface area contributed by atoms with E-state index in [0.29, 0.717) is 36.6 Å². The third-order valence-electron chi connectivity index (χ3n) is 6.27. The Labute approximate surface area is 215 Å². The first-order valence-electron chi connectivity index (χ1n) is 12.1. The highest BCUT2D eigenvalue weighted by Crippen LogP contribution is 2.28. The van der Waals surface area contributed by atoms with Gasteiger partial charge in [-0.3, -0.25) is 19.5 Å². The molecule has 1 aliphatic heterocycles. The molecule has 2 atom stereocenters.